The topological polar surface area (TPSA) is 272 Å². The molecule has 0 unspecified atom stereocenters. The summed E-state index contributed by atoms with van der Waals surface area (Å²) in [5.74, 6) is -7.32. The Bertz CT molecular complexity index is 2010. The minimum atomic E-state index is -3.22. The monoisotopic (exact) mass is 754 g/mol. The molecule has 0 radical (unpaired) electrons. The number of carbonyl (C=O) groups is 4. The number of phenolic OH excluding ortho intramolecular Hbond substituents is 2. The number of aliphatic hydroxyl groups excluding tert-OH is 4. The number of Topliss-reactive ketones (excluding diaryl/α,β-unsaturated/α-hetero) is 3. The van der Waals surface area contributed by atoms with Crippen LogP contribution in [0.4, 0.5) is 0 Å². The summed E-state index contributed by atoms with van der Waals surface area (Å²) in [6.07, 6.45) is -6.58. The van der Waals surface area contributed by atoms with Gasteiger partial charge < -0.3 is 54.7 Å². The van der Waals surface area contributed by atoms with Gasteiger partial charge in [0.15, 0.2) is 17.4 Å². The number of methoxy groups -OCH3 is 3. The molecule has 1 aliphatic heterocycles. The van der Waals surface area contributed by atoms with Crippen LogP contribution in [0.25, 0.3) is 0 Å². The highest BCUT2D eigenvalue weighted by molar-refractivity contribution is 6.54. The van der Waals surface area contributed by atoms with Crippen LogP contribution >= 0.6 is 0 Å². The van der Waals surface area contributed by atoms with Gasteiger partial charge in [-0.25, -0.2) is 4.79 Å². The summed E-state index contributed by atoms with van der Waals surface area (Å²) in [5.41, 5.74) is -9.11. The van der Waals surface area contributed by atoms with E-state index in [9.17, 15) is 54.9 Å². The van der Waals surface area contributed by atoms with Crippen molar-refractivity contribution >= 4 is 34.7 Å². The Morgan fingerprint density at radius 3 is 2.31 bits per heavy atom. The van der Waals surface area contributed by atoms with Crippen LogP contribution < -0.4 is 0 Å². The highest BCUT2D eigenvalue weighted by Crippen LogP contribution is 2.56. The Balaban J connectivity index is 1.59. The number of aryl methyl sites for hydroxylation is 1. The second-order valence-electron chi connectivity index (χ2n) is 13.8. The predicted molar refractivity (Wildman–Crippen MR) is 186 cm³/mol. The van der Waals surface area contributed by atoms with E-state index in [0.717, 1.165) is 20.3 Å². The number of aliphatic hydroxyl groups is 5. The van der Waals surface area contributed by atoms with E-state index in [4.69, 9.17) is 18.9 Å². The molecule has 0 amide bonds. The van der Waals surface area contributed by atoms with Gasteiger partial charge in [-0.2, -0.15) is 0 Å². The van der Waals surface area contributed by atoms with E-state index in [0.29, 0.717) is 0 Å². The lowest BCUT2D eigenvalue weighted by molar-refractivity contribution is -0.206. The standard InChI is InChI=1S/C37H42N2O15/c1-14-9-16-10-22(42)37(53-5)33(48)25-18(32(47)36(37,50)26(16)30(46)23(14)35(49)52-4)11-17-24(29(25)45)20(38-7-6-8-40)12-21(27(17)43)39-34-19(13-41)28(44)31(51-3)15(2)54-34/h9,11,15,19,22,28,31,34,40-42,44-46,50H,6-8,10,12-13H2,1-5H3/t15-,19+,22+,28-,31-,34-,36-,37+/m0/s1. The maximum atomic E-state index is 14.8. The third-order valence-corrected chi connectivity index (χ3v) is 11.0. The number of aromatic hydroxyl groups is 2. The number of fused-ring (bicyclic) bond motifs is 5. The molecule has 4 aliphatic rings. The van der Waals surface area contributed by atoms with Crippen molar-refractivity contribution in [3.8, 4) is 11.5 Å². The second-order valence-corrected chi connectivity index (χ2v) is 13.8. The lowest BCUT2D eigenvalue weighted by atomic mass is 9.56. The number of esters is 1. The average Bonchev–Trinajstić information content (AvgIpc) is 3.12. The quantitative estimate of drug-likeness (QED) is 0.135. The number of hydrogen-bond acceptors (Lipinski definition) is 17. The lowest BCUT2D eigenvalue weighted by Crippen LogP contribution is -2.73. The summed E-state index contributed by atoms with van der Waals surface area (Å²) in [7, 11) is 3.37. The maximum Gasteiger partial charge on any atom is 0.341 e. The van der Waals surface area contributed by atoms with E-state index in [1.54, 1.807) is 6.92 Å². The molecule has 54 heavy (non-hydrogen) atoms. The van der Waals surface area contributed by atoms with Gasteiger partial charge in [-0.1, -0.05) is 6.07 Å². The van der Waals surface area contributed by atoms with Crippen molar-refractivity contribution < 1.29 is 73.9 Å². The summed E-state index contributed by atoms with van der Waals surface area (Å²) in [6.45, 7) is 2.22. The largest absolute Gasteiger partial charge is 0.507 e. The van der Waals surface area contributed by atoms with Crippen LogP contribution in [0.1, 0.15) is 83.5 Å². The number of ether oxygens (including phenoxy) is 4. The van der Waals surface area contributed by atoms with Crippen molar-refractivity contribution in [2.24, 2.45) is 15.9 Å². The number of nitrogens with zero attached hydrogens (tertiary/aromatic N) is 2. The first kappa shape index (κ1) is 39.2. The zero-order valence-corrected chi connectivity index (χ0v) is 30.2. The molecule has 17 heteroatoms. The van der Waals surface area contributed by atoms with Crippen LogP contribution in [0, 0.1) is 12.8 Å². The molecule has 0 saturated carbocycles. The number of rotatable bonds is 8. The van der Waals surface area contributed by atoms with Gasteiger partial charge in [0.05, 0.1) is 54.9 Å². The van der Waals surface area contributed by atoms with E-state index in [1.165, 1.54) is 20.1 Å². The SMILES string of the molecule is COC(=O)c1c(C)cc2c(c1O)[C@]1(O)C(=O)c3cc4c(c(O)c3C(=O)[C@]1(OC)[C@H](O)C2)C(=NCCCO)CC(=N[C@H]1O[C@@H](C)[C@H](OC)[C@@H](O)[C@H]1CO)C4=O. The Morgan fingerprint density at radius 2 is 1.70 bits per heavy atom. The Labute approximate surface area is 308 Å². The molecule has 1 saturated heterocycles. The van der Waals surface area contributed by atoms with Gasteiger partial charge in [-0.3, -0.25) is 24.4 Å². The predicted octanol–water partition coefficient (Wildman–Crippen LogP) is -0.310. The van der Waals surface area contributed by atoms with Crippen molar-refractivity contribution in [1.29, 1.82) is 0 Å². The van der Waals surface area contributed by atoms with Crippen molar-refractivity contribution in [1.82, 2.24) is 0 Å². The molecule has 7 N–H and O–H groups in total. The third kappa shape index (κ3) is 5.36. The normalized spacial score (nSPS) is 31.9. The molecule has 0 spiro atoms. The van der Waals surface area contributed by atoms with E-state index >= 15 is 0 Å². The Kier molecular flexibility index (Phi) is 10.4. The van der Waals surface area contributed by atoms with Gasteiger partial charge in [-0.05, 0) is 37.5 Å². The van der Waals surface area contributed by atoms with Crippen molar-refractivity contribution in [2.75, 3.05) is 41.1 Å². The van der Waals surface area contributed by atoms with Gasteiger partial charge in [0.2, 0.25) is 17.3 Å². The van der Waals surface area contributed by atoms with Crippen molar-refractivity contribution in [2.45, 2.75) is 75.0 Å². The molecule has 6 rings (SSSR count). The van der Waals surface area contributed by atoms with Crippen LogP contribution in [0.2, 0.25) is 0 Å². The number of hydrogen-bond donors (Lipinski definition) is 7. The Hall–Kier alpha value is -4.46. The molecular formula is C37H42N2O15. The molecule has 8 atom stereocenters. The molecule has 0 bridgehead atoms. The molecule has 1 fully saturated rings. The number of ketones is 3. The van der Waals surface area contributed by atoms with Crippen LogP contribution in [0.5, 0.6) is 11.5 Å². The molecule has 0 aromatic heterocycles. The molecule has 17 nitrogen and oxygen atoms in total. The van der Waals surface area contributed by atoms with Crippen LogP contribution in [-0.2, 0) is 31.0 Å². The maximum absolute atomic E-state index is 14.8. The smallest absolute Gasteiger partial charge is 0.341 e. The highest BCUT2D eigenvalue weighted by Gasteiger charge is 2.72. The Morgan fingerprint density at radius 1 is 1.00 bits per heavy atom. The van der Waals surface area contributed by atoms with E-state index in [-0.39, 0.29) is 59.7 Å². The molecular weight excluding hydrogens is 712 g/mol. The number of carbonyl (C=O) groups excluding carboxylic acids is 4. The first-order valence-corrected chi connectivity index (χ1v) is 17.2. The summed E-state index contributed by atoms with van der Waals surface area (Å²) >= 11 is 0. The highest BCUT2D eigenvalue weighted by atomic mass is 16.6. The van der Waals surface area contributed by atoms with Crippen molar-refractivity contribution in [3.05, 3.63) is 56.6 Å². The lowest BCUT2D eigenvalue weighted by Gasteiger charge is -2.53. The van der Waals surface area contributed by atoms with Gasteiger partial charge in [0.25, 0.3) is 0 Å². The number of benzene rings is 2. The molecule has 1 heterocycles. The zero-order valence-electron chi connectivity index (χ0n) is 30.2. The van der Waals surface area contributed by atoms with Gasteiger partial charge in [-0.15, -0.1) is 0 Å². The van der Waals surface area contributed by atoms with Crippen LogP contribution in [0.15, 0.2) is 22.1 Å². The molecule has 290 valence electrons. The van der Waals surface area contributed by atoms with E-state index in [2.05, 4.69) is 9.98 Å². The first-order chi connectivity index (χ1) is 25.6. The fourth-order valence-corrected chi connectivity index (χ4v) is 8.38. The van der Waals surface area contributed by atoms with Crippen molar-refractivity contribution in [3.63, 3.8) is 0 Å². The summed E-state index contributed by atoms with van der Waals surface area (Å²) in [5, 5.41) is 78.1. The van der Waals surface area contributed by atoms with Crippen LogP contribution in [0.3, 0.4) is 0 Å². The average molecular weight is 755 g/mol. The molecule has 2 aromatic carbocycles. The summed E-state index contributed by atoms with van der Waals surface area (Å²) < 4.78 is 21.6. The fourth-order valence-electron chi connectivity index (χ4n) is 8.38. The van der Waals surface area contributed by atoms with Gasteiger partial charge in [0, 0.05) is 62.5 Å². The fraction of sp³-hybridized carbons (Fsp3) is 0.514. The zero-order chi connectivity index (χ0) is 39.6. The van der Waals surface area contributed by atoms with Crippen LogP contribution in [-0.4, -0.2) is 148 Å². The second kappa shape index (κ2) is 14.3. The molecule has 2 aromatic rings. The summed E-state index contributed by atoms with van der Waals surface area (Å²) in [6, 6.07) is 2.32. The van der Waals surface area contributed by atoms with Gasteiger partial charge >= 0.3 is 5.97 Å². The summed E-state index contributed by atoms with van der Waals surface area (Å²) in [4.78, 5) is 65.5. The van der Waals surface area contributed by atoms with Gasteiger partial charge in [0.1, 0.15) is 23.2 Å². The minimum Gasteiger partial charge on any atom is -0.507 e. The van der Waals surface area contributed by atoms with E-state index in [1.807, 2.05) is 0 Å². The van der Waals surface area contributed by atoms with E-state index < -0.39 is 118 Å². The molecule has 3 aliphatic carbocycles. The number of phenols is 2. The number of aliphatic imine (C=N–C) groups is 2. The first-order valence-electron chi connectivity index (χ1n) is 17.2. The minimum absolute atomic E-state index is 0.000907. The third-order valence-electron chi connectivity index (χ3n) is 11.0.